The first kappa shape index (κ1) is 64.3. The molecule has 0 saturated heterocycles. The van der Waals surface area contributed by atoms with Gasteiger partial charge in [-0.1, -0.05) is 59.4 Å². The summed E-state index contributed by atoms with van der Waals surface area (Å²) in [5.41, 5.74) is -4.69. The van der Waals surface area contributed by atoms with Crippen molar-refractivity contribution < 1.29 is 71.8 Å². The van der Waals surface area contributed by atoms with Gasteiger partial charge in [0.1, 0.15) is 79.1 Å². The van der Waals surface area contributed by atoms with E-state index in [0.717, 1.165) is 46.5 Å². The average Bonchev–Trinajstić information content (AvgIpc) is 2.61. The molecule has 7 rings (SSSR count). The van der Waals surface area contributed by atoms with Crippen molar-refractivity contribution in [2.45, 2.75) is 52.4 Å². The zero-order chi connectivity index (χ0) is 64.4. The third-order valence-corrected chi connectivity index (χ3v) is 14.2. The quantitative estimate of drug-likeness (QED) is 0.0652. The van der Waals surface area contributed by atoms with Gasteiger partial charge in [-0.05, 0) is 31.9 Å². The lowest BCUT2D eigenvalue weighted by Crippen LogP contribution is -2.52. The first-order chi connectivity index (χ1) is 41.6. The number of nitrogens with one attached hydrogen (secondary N) is 10. The van der Waals surface area contributed by atoms with Crippen LogP contribution in [0.2, 0.25) is 0 Å². The van der Waals surface area contributed by atoms with E-state index in [-0.39, 0.29) is 80.4 Å². The van der Waals surface area contributed by atoms with E-state index in [4.69, 9.17) is 13.9 Å². The van der Waals surface area contributed by atoms with Crippen LogP contribution < -0.4 is 53.2 Å². The Hall–Kier alpha value is -11.2. The summed E-state index contributed by atoms with van der Waals surface area (Å²) in [6.45, 7) is 27.1. The van der Waals surface area contributed by atoms with Crippen molar-refractivity contribution in [1.82, 2.24) is 83.1 Å². The molecule has 1 aliphatic rings. The number of aliphatic hydroxyl groups is 1. The fraction of sp³-hybridized carbons (Fsp3) is 0.167. The van der Waals surface area contributed by atoms with Crippen molar-refractivity contribution in [2.75, 3.05) is 0 Å². The number of allylic oxidation sites excluding steroid dienone is 1. The summed E-state index contributed by atoms with van der Waals surface area (Å²) in [7, 11) is 0. The number of carbonyl (C=O) groups is 11. The number of carboxylic acids is 1. The lowest BCUT2D eigenvalue weighted by molar-refractivity contribution is -0.134. The van der Waals surface area contributed by atoms with Crippen LogP contribution in [0.5, 0.6) is 0 Å². The Morgan fingerprint density at radius 3 is 1.86 bits per heavy atom. The SMILES string of the molecule is C=C(NC(=O)C(=C)NC(=O)C(=C)NC(=O)C(=C)NC(=O)c1ccc2c(n1)-c1coc(n1)C(=C)NC(=O)C(=C)NC(=O)c1csc(n1)C(C)NC(=O)c1csc(n1)CNC(=O)c1co[13c](n1)/C(=C\C(C)C)N[13C](=O)[C@H](C(C)O)NC(=O)c1csc-2n1)C(=O)O. The summed E-state index contributed by atoms with van der Waals surface area (Å²) < 4.78 is 11.3. The highest BCUT2D eigenvalue weighted by Gasteiger charge is 2.31. The topological polar surface area (TPSA) is 452 Å². The molecule has 0 spiro atoms. The molecule has 6 aromatic rings. The summed E-state index contributed by atoms with van der Waals surface area (Å²) in [5, 5.41) is 48.1. The number of hydrogen-bond donors (Lipinski definition) is 12. The number of aliphatic carboxylic acids is 1. The largest absolute Gasteiger partial charge is 0.477 e. The molecular weight excluding hydrogens is 1210 g/mol. The van der Waals surface area contributed by atoms with Gasteiger partial charge >= 0.3 is 5.97 Å². The normalized spacial score (nSPS) is 16.1. The molecule has 0 aliphatic carbocycles. The number of amides is 10. The van der Waals surface area contributed by atoms with Crippen LogP contribution in [0.3, 0.4) is 0 Å². The molecule has 1 aliphatic heterocycles. The van der Waals surface area contributed by atoms with Gasteiger partial charge < -0.3 is 72.2 Å². The Bertz CT molecular complexity index is 4010. The van der Waals surface area contributed by atoms with Crippen LogP contribution in [-0.2, 0) is 35.3 Å². The van der Waals surface area contributed by atoms with Crippen LogP contribution in [0.15, 0.2) is 124 Å². The number of hydrogen-bond acceptors (Lipinski definition) is 23. The van der Waals surface area contributed by atoms with E-state index in [2.05, 4.69) is 112 Å². The molecule has 6 aromatic heterocycles. The minimum atomic E-state index is -1.64. The van der Waals surface area contributed by atoms with E-state index in [9.17, 15) is 57.8 Å². The predicted octanol–water partition coefficient (Wildman–Crippen LogP) is 2.04. The molecule has 34 heteroatoms. The summed E-state index contributed by atoms with van der Waals surface area (Å²) in [4.78, 5) is 170. The molecule has 0 aromatic carbocycles. The van der Waals surface area contributed by atoms with Crippen molar-refractivity contribution in [3.8, 4) is 22.0 Å². The lowest BCUT2D eigenvalue weighted by atomic mass is 10.1. The summed E-state index contributed by atoms with van der Waals surface area (Å²) in [6, 6.07) is 0.138. The number of rotatable bonds is 11. The number of thiazole rings is 3. The number of aliphatic hydroxyl groups excluding tert-OH is 1. The Morgan fingerprint density at radius 2 is 1.20 bits per heavy atom. The number of pyridine rings is 1. The zero-order valence-corrected chi connectivity index (χ0v) is 48.9. The maximum absolute atomic E-state index is 13.9. The van der Waals surface area contributed by atoms with E-state index in [1.807, 2.05) is 10.6 Å². The maximum Gasteiger partial charge on any atom is 0.351 e. The standard InChI is InChI=1S/C54H50N16O15S3/c1-20(2)13-31-51-67-33(16-85-51)44(76)55-14-37-63-34(17-86-37)46(78)61-26(8)52-68-35(18-87-52)47(79)59-24(6)42(74)60-25(7)50-66-32(15-84-50)39-29(53-69-36(19-88-53)48(80)70-38(28(10)71)49(81)65-31)11-12-30(64-39)45(77)58-23(5)41(73)56-21(3)40(72)57-22(4)43(75)62-27(9)54(82)83/h11-13,15-20,26,28,38,71H,3-7,9,14H2,1-2,8,10H3,(H,55,76)(H,56,73)(H,57,72)(H,58,77)(H,59,79)(H,60,74)(H,61,78)(H,62,75)(H,65,81)(H,70,80)(H,82,83)/b31-13+/t26?,28?,38-/m0/s1/i49+1,51+1. The molecule has 7 heterocycles. The highest BCUT2D eigenvalue weighted by Crippen LogP contribution is 2.34. The monoisotopic (exact) mass is 1260 g/mol. The average molecular weight is 1260 g/mol. The second-order valence-corrected chi connectivity index (χ2v) is 21.4. The smallest absolute Gasteiger partial charge is 0.351 e. The summed E-state index contributed by atoms with van der Waals surface area (Å²) >= 11 is 3.00. The molecule has 2 unspecified atom stereocenters. The highest BCUT2D eigenvalue weighted by atomic mass is 32.1. The molecule has 3 atom stereocenters. The van der Waals surface area contributed by atoms with E-state index >= 15 is 0 Å². The van der Waals surface area contributed by atoms with Gasteiger partial charge in [-0.2, -0.15) is 0 Å². The van der Waals surface area contributed by atoms with Gasteiger partial charge in [0.15, 0.2) is 5.69 Å². The molecule has 10 bridgehead atoms. The zero-order valence-electron chi connectivity index (χ0n) is 46.5. The van der Waals surface area contributed by atoms with Crippen LogP contribution in [0.4, 0.5) is 0 Å². The van der Waals surface area contributed by atoms with E-state index < -0.39 is 117 Å². The molecule has 88 heavy (non-hydrogen) atoms. The maximum atomic E-state index is 13.9. The van der Waals surface area contributed by atoms with Crippen LogP contribution in [0.1, 0.15) is 108 Å². The van der Waals surface area contributed by atoms with Gasteiger partial charge in [-0.3, -0.25) is 47.9 Å². The van der Waals surface area contributed by atoms with Crippen molar-refractivity contribution >= 4 is 110 Å². The van der Waals surface area contributed by atoms with Gasteiger partial charge in [0.05, 0.1) is 47.2 Å². The third-order valence-electron chi connectivity index (χ3n) is 11.5. The molecule has 31 nitrogen and oxygen atoms in total. The van der Waals surface area contributed by atoms with Gasteiger partial charge in [-0.15, -0.1) is 34.0 Å². The first-order valence-electron chi connectivity index (χ1n) is 25.2. The molecule has 10 amide bonds. The van der Waals surface area contributed by atoms with E-state index in [1.54, 1.807) is 26.8 Å². The molecule has 0 radical (unpaired) electrons. The minimum Gasteiger partial charge on any atom is -0.477 e. The lowest BCUT2D eigenvalue weighted by Gasteiger charge is -2.21. The van der Waals surface area contributed by atoms with Crippen LogP contribution >= 0.6 is 34.0 Å². The first-order valence-corrected chi connectivity index (χ1v) is 27.9. The highest BCUT2D eigenvalue weighted by molar-refractivity contribution is 7.13. The Kier molecular flexibility index (Phi) is 20.2. The molecule has 0 fully saturated rings. The van der Waals surface area contributed by atoms with Crippen LogP contribution in [0, 0.1) is 5.92 Å². The number of aromatic nitrogens is 6. The molecular formula is C54H50N16O15S3. The molecule has 12 N–H and O–H groups in total. The Labute approximate surface area is 508 Å². The Morgan fingerprint density at radius 1 is 0.636 bits per heavy atom. The number of nitrogens with zero attached hydrogens (tertiary/aromatic N) is 6. The fourth-order valence-corrected chi connectivity index (χ4v) is 9.41. The number of oxazole rings is 2. The van der Waals surface area contributed by atoms with Crippen molar-refractivity contribution in [2.24, 2.45) is 5.92 Å². The second kappa shape index (κ2) is 27.7. The summed E-state index contributed by atoms with van der Waals surface area (Å²) in [5.74, 6) is -11.9. The minimum absolute atomic E-state index is 0.0193. The summed E-state index contributed by atoms with van der Waals surface area (Å²) in [6.07, 6.45) is 2.12. The molecule has 454 valence electrons. The van der Waals surface area contributed by atoms with E-state index in [0.29, 0.717) is 10.0 Å². The second-order valence-electron chi connectivity index (χ2n) is 18.7. The van der Waals surface area contributed by atoms with Gasteiger partial charge in [0.2, 0.25) is 17.7 Å². The fourth-order valence-electron chi connectivity index (χ4n) is 7.06. The van der Waals surface area contributed by atoms with Crippen molar-refractivity contribution in [3.05, 3.63) is 165 Å². The number of fused-ring (bicyclic) bond motifs is 13. The molecule has 0 saturated carbocycles. The van der Waals surface area contributed by atoms with Crippen molar-refractivity contribution in [3.63, 3.8) is 0 Å². The number of carboxylic acid groups (broad SMARTS) is 1. The van der Waals surface area contributed by atoms with Crippen molar-refractivity contribution in [1.29, 1.82) is 0 Å². The van der Waals surface area contributed by atoms with Gasteiger partial charge in [-0.25, -0.2) is 34.7 Å². The predicted molar refractivity (Wildman–Crippen MR) is 312 cm³/mol. The van der Waals surface area contributed by atoms with Gasteiger partial charge in [0, 0.05) is 21.7 Å². The van der Waals surface area contributed by atoms with Crippen LogP contribution in [0.25, 0.3) is 33.4 Å². The number of carbonyl (C=O) groups excluding carboxylic acids is 10. The van der Waals surface area contributed by atoms with E-state index in [1.165, 1.54) is 35.2 Å². The van der Waals surface area contributed by atoms with Gasteiger partial charge in [0.25, 0.3) is 53.2 Å². The third kappa shape index (κ3) is 15.9. The van der Waals surface area contributed by atoms with Crippen LogP contribution in [-0.4, -0.2) is 117 Å². The Balaban J connectivity index is 1.17.